The molecule has 1 N–H and O–H groups in total. The Labute approximate surface area is 148 Å². The number of amides is 1. The molecule has 1 saturated carbocycles. The highest BCUT2D eigenvalue weighted by molar-refractivity contribution is 5.69. The first-order chi connectivity index (χ1) is 11.9. The van der Waals surface area contributed by atoms with Gasteiger partial charge in [0.1, 0.15) is 12.4 Å². The number of benzene rings is 1. The Morgan fingerprint density at radius 3 is 2.84 bits per heavy atom. The van der Waals surface area contributed by atoms with Crippen LogP contribution in [-0.2, 0) is 18.4 Å². The van der Waals surface area contributed by atoms with Crippen LogP contribution in [0.4, 0.5) is 4.79 Å². The average molecular weight is 343 g/mol. The highest BCUT2D eigenvalue weighted by atomic mass is 16.6. The van der Waals surface area contributed by atoms with Crippen LogP contribution >= 0.6 is 0 Å². The summed E-state index contributed by atoms with van der Waals surface area (Å²) in [6, 6.07) is 5.61. The first-order valence-electron chi connectivity index (χ1n) is 8.59. The van der Waals surface area contributed by atoms with Gasteiger partial charge in [0.15, 0.2) is 0 Å². The van der Waals surface area contributed by atoms with Gasteiger partial charge >= 0.3 is 6.09 Å². The van der Waals surface area contributed by atoms with Gasteiger partial charge in [-0.05, 0) is 55.9 Å². The fourth-order valence-electron chi connectivity index (χ4n) is 2.99. The van der Waals surface area contributed by atoms with Gasteiger partial charge in [0.05, 0.1) is 11.9 Å². The first-order valence-corrected chi connectivity index (χ1v) is 8.59. The minimum atomic E-state index is -0.312. The minimum absolute atomic E-state index is 0.159. The number of aromatic nitrogens is 2. The SMILES string of the molecule is Cc1cc(-c2cnn(C)c2COC(=O)N(C)C(C)C2CC2)ccc1O. The molecular weight excluding hydrogens is 318 g/mol. The van der Waals surface area contributed by atoms with E-state index in [0.717, 1.165) is 22.4 Å². The van der Waals surface area contributed by atoms with Crippen molar-refractivity contribution < 1.29 is 14.6 Å². The van der Waals surface area contributed by atoms with Gasteiger partial charge in [0.25, 0.3) is 0 Å². The second-order valence-corrected chi connectivity index (χ2v) is 6.87. The molecule has 134 valence electrons. The van der Waals surface area contributed by atoms with Crippen molar-refractivity contribution >= 4 is 6.09 Å². The van der Waals surface area contributed by atoms with E-state index in [2.05, 4.69) is 12.0 Å². The summed E-state index contributed by atoms with van der Waals surface area (Å²) in [6.45, 7) is 4.07. The van der Waals surface area contributed by atoms with Crippen molar-refractivity contribution in [2.75, 3.05) is 7.05 Å². The maximum Gasteiger partial charge on any atom is 0.410 e. The van der Waals surface area contributed by atoms with E-state index in [1.165, 1.54) is 12.8 Å². The largest absolute Gasteiger partial charge is 0.508 e. The summed E-state index contributed by atoms with van der Waals surface area (Å²) in [5.74, 6) is 0.862. The molecule has 1 aromatic heterocycles. The number of carbonyl (C=O) groups excluding carboxylic acids is 1. The number of phenolic OH excluding ortho intramolecular Hbond substituents is 1. The van der Waals surface area contributed by atoms with E-state index in [1.54, 1.807) is 28.9 Å². The minimum Gasteiger partial charge on any atom is -0.508 e. The topological polar surface area (TPSA) is 67.6 Å². The number of hydrogen-bond acceptors (Lipinski definition) is 4. The van der Waals surface area contributed by atoms with Gasteiger partial charge in [-0.25, -0.2) is 4.79 Å². The summed E-state index contributed by atoms with van der Waals surface area (Å²) in [5, 5.41) is 14.0. The Bertz CT molecular complexity index is 780. The fourth-order valence-corrected chi connectivity index (χ4v) is 2.99. The van der Waals surface area contributed by atoms with Crippen molar-refractivity contribution in [3.8, 4) is 16.9 Å². The second-order valence-electron chi connectivity index (χ2n) is 6.87. The third-order valence-corrected chi connectivity index (χ3v) is 5.10. The van der Waals surface area contributed by atoms with Crippen LogP contribution in [-0.4, -0.2) is 39.0 Å². The van der Waals surface area contributed by atoms with Gasteiger partial charge in [0.2, 0.25) is 0 Å². The molecule has 1 aliphatic carbocycles. The molecule has 2 aromatic rings. The van der Waals surface area contributed by atoms with E-state index in [-0.39, 0.29) is 24.5 Å². The first kappa shape index (κ1) is 17.3. The van der Waals surface area contributed by atoms with Crippen LogP contribution < -0.4 is 0 Å². The van der Waals surface area contributed by atoms with E-state index in [9.17, 15) is 9.90 Å². The van der Waals surface area contributed by atoms with Crippen LogP contribution in [0.1, 0.15) is 31.0 Å². The quantitative estimate of drug-likeness (QED) is 0.903. The second kappa shape index (κ2) is 6.78. The van der Waals surface area contributed by atoms with Crippen LogP contribution in [0.3, 0.4) is 0 Å². The smallest absolute Gasteiger partial charge is 0.410 e. The zero-order valence-electron chi connectivity index (χ0n) is 15.2. The monoisotopic (exact) mass is 343 g/mol. The summed E-state index contributed by atoms with van der Waals surface area (Å²) < 4.78 is 7.24. The number of phenols is 1. The third kappa shape index (κ3) is 3.62. The van der Waals surface area contributed by atoms with Crippen molar-refractivity contribution in [3.05, 3.63) is 35.7 Å². The summed E-state index contributed by atoms with van der Waals surface area (Å²) in [6.07, 6.45) is 3.81. The average Bonchev–Trinajstić information content (AvgIpc) is 3.37. The standard InChI is InChI=1S/C19H25N3O3/c1-12-9-15(7-8-18(12)23)16-10-20-22(4)17(16)11-25-19(24)21(3)13(2)14-5-6-14/h7-10,13-14,23H,5-6,11H2,1-4H3. The van der Waals surface area contributed by atoms with E-state index in [4.69, 9.17) is 4.74 Å². The molecule has 1 unspecified atom stereocenters. The third-order valence-electron chi connectivity index (χ3n) is 5.10. The molecule has 0 saturated heterocycles. The number of ether oxygens (including phenoxy) is 1. The van der Waals surface area contributed by atoms with E-state index < -0.39 is 0 Å². The van der Waals surface area contributed by atoms with Crippen molar-refractivity contribution in [1.82, 2.24) is 14.7 Å². The molecule has 0 spiro atoms. The predicted molar refractivity (Wildman–Crippen MR) is 95.2 cm³/mol. The molecule has 0 bridgehead atoms. The molecule has 1 fully saturated rings. The van der Waals surface area contributed by atoms with Crippen molar-refractivity contribution in [3.63, 3.8) is 0 Å². The molecule has 3 rings (SSSR count). The van der Waals surface area contributed by atoms with Gasteiger partial charge in [-0.3, -0.25) is 4.68 Å². The molecule has 1 atom stereocenters. The van der Waals surface area contributed by atoms with Crippen molar-refractivity contribution in [1.29, 1.82) is 0 Å². The Kier molecular flexibility index (Phi) is 4.70. The van der Waals surface area contributed by atoms with Crippen LogP contribution in [0, 0.1) is 12.8 Å². The number of nitrogens with zero attached hydrogens (tertiary/aromatic N) is 3. The Morgan fingerprint density at radius 2 is 2.20 bits per heavy atom. The van der Waals surface area contributed by atoms with E-state index in [1.807, 2.05) is 26.1 Å². The lowest BCUT2D eigenvalue weighted by Gasteiger charge is -2.24. The lowest BCUT2D eigenvalue weighted by Crippen LogP contribution is -2.36. The van der Waals surface area contributed by atoms with Crippen LogP contribution in [0.25, 0.3) is 11.1 Å². The molecule has 25 heavy (non-hydrogen) atoms. The highest BCUT2D eigenvalue weighted by Crippen LogP contribution is 2.35. The zero-order valence-corrected chi connectivity index (χ0v) is 15.2. The zero-order chi connectivity index (χ0) is 18.1. The maximum atomic E-state index is 12.3. The van der Waals surface area contributed by atoms with Gasteiger partial charge < -0.3 is 14.7 Å². The van der Waals surface area contributed by atoms with Crippen LogP contribution in [0.15, 0.2) is 24.4 Å². The van der Waals surface area contributed by atoms with E-state index >= 15 is 0 Å². The maximum absolute atomic E-state index is 12.3. The Morgan fingerprint density at radius 1 is 1.48 bits per heavy atom. The van der Waals surface area contributed by atoms with Crippen LogP contribution in [0.2, 0.25) is 0 Å². The Hall–Kier alpha value is -2.50. The number of hydrogen-bond donors (Lipinski definition) is 1. The summed E-state index contributed by atoms with van der Waals surface area (Å²) >= 11 is 0. The predicted octanol–water partition coefficient (Wildman–Crippen LogP) is 3.47. The number of carbonyl (C=O) groups is 1. The molecule has 6 nitrogen and oxygen atoms in total. The molecule has 1 amide bonds. The molecule has 1 aromatic carbocycles. The number of rotatable bonds is 5. The number of aromatic hydroxyl groups is 1. The molecule has 6 heteroatoms. The van der Waals surface area contributed by atoms with Crippen LogP contribution in [0.5, 0.6) is 5.75 Å². The van der Waals surface area contributed by atoms with Gasteiger partial charge in [-0.2, -0.15) is 5.10 Å². The van der Waals surface area contributed by atoms with Crippen molar-refractivity contribution in [2.24, 2.45) is 13.0 Å². The normalized spacial score (nSPS) is 15.0. The molecule has 0 aliphatic heterocycles. The molecular formula is C19H25N3O3. The lowest BCUT2D eigenvalue weighted by molar-refractivity contribution is 0.0883. The van der Waals surface area contributed by atoms with Gasteiger partial charge in [-0.1, -0.05) is 6.07 Å². The fraction of sp³-hybridized carbons (Fsp3) is 0.474. The lowest BCUT2D eigenvalue weighted by atomic mass is 10.0. The Balaban J connectivity index is 1.73. The van der Waals surface area contributed by atoms with Gasteiger partial charge in [0, 0.05) is 25.7 Å². The number of aryl methyl sites for hydroxylation is 2. The van der Waals surface area contributed by atoms with Crippen molar-refractivity contribution in [2.45, 2.75) is 39.3 Å². The highest BCUT2D eigenvalue weighted by Gasteiger charge is 2.33. The molecule has 1 aliphatic rings. The summed E-state index contributed by atoms with van der Waals surface area (Å²) in [7, 11) is 3.62. The molecule has 0 radical (unpaired) electrons. The summed E-state index contributed by atoms with van der Waals surface area (Å²) in [4.78, 5) is 14.0. The van der Waals surface area contributed by atoms with Gasteiger partial charge in [-0.15, -0.1) is 0 Å². The van der Waals surface area contributed by atoms with E-state index in [0.29, 0.717) is 5.92 Å². The molecule has 1 heterocycles. The summed E-state index contributed by atoms with van der Waals surface area (Å²) in [5.41, 5.74) is 3.46.